The number of nitrogens with zero attached hydrogens (tertiary/aromatic N) is 1. The minimum Gasteiger partial charge on any atom is -0.444 e. The third-order valence-electron chi connectivity index (χ3n) is 3.98. The summed E-state index contributed by atoms with van der Waals surface area (Å²) in [5.41, 5.74) is -0.445. The molecule has 0 aromatic carbocycles. The second-order valence-electron chi connectivity index (χ2n) is 7.39. The summed E-state index contributed by atoms with van der Waals surface area (Å²) in [5.74, 6) is 0.425. The second kappa shape index (κ2) is 8.11. The van der Waals surface area contributed by atoms with Crippen molar-refractivity contribution in [3.63, 3.8) is 0 Å². The molecule has 1 amide bonds. The first kappa shape index (κ1) is 18.2. The van der Waals surface area contributed by atoms with Crippen LogP contribution in [-0.4, -0.2) is 35.3 Å². The van der Waals surface area contributed by atoms with Crippen LogP contribution in [0.2, 0.25) is 0 Å². The van der Waals surface area contributed by atoms with Gasteiger partial charge < -0.3 is 15.4 Å². The summed E-state index contributed by atoms with van der Waals surface area (Å²) in [6.07, 6.45) is 5.83. The molecule has 23 heavy (non-hydrogen) atoms. The molecule has 6 heteroatoms. The van der Waals surface area contributed by atoms with Crippen LogP contribution in [0, 0.1) is 0 Å². The zero-order valence-corrected chi connectivity index (χ0v) is 15.4. The number of thiazole rings is 1. The predicted octanol–water partition coefficient (Wildman–Crippen LogP) is 3.67. The van der Waals surface area contributed by atoms with Crippen LogP contribution in [0.5, 0.6) is 0 Å². The topological polar surface area (TPSA) is 63.2 Å². The summed E-state index contributed by atoms with van der Waals surface area (Å²) in [6, 6.07) is 0.650. The lowest BCUT2D eigenvalue weighted by atomic mass is 9.91. The molecular formula is C17H29N3O2S. The molecule has 1 aromatic heterocycles. The molecule has 0 radical (unpaired) electrons. The van der Waals surface area contributed by atoms with Gasteiger partial charge in [-0.3, -0.25) is 0 Å². The van der Waals surface area contributed by atoms with Gasteiger partial charge in [0.1, 0.15) is 5.60 Å². The highest BCUT2D eigenvalue weighted by molar-refractivity contribution is 7.09. The van der Waals surface area contributed by atoms with Gasteiger partial charge >= 0.3 is 6.09 Å². The van der Waals surface area contributed by atoms with Crippen LogP contribution in [0.1, 0.15) is 64.3 Å². The Bertz CT molecular complexity index is 485. The highest BCUT2D eigenvalue weighted by Gasteiger charge is 2.25. The van der Waals surface area contributed by atoms with Gasteiger partial charge in [-0.2, -0.15) is 0 Å². The maximum Gasteiger partial charge on any atom is 0.407 e. The van der Waals surface area contributed by atoms with Gasteiger partial charge in [-0.05, 0) is 46.5 Å². The van der Waals surface area contributed by atoms with Crippen LogP contribution >= 0.6 is 11.3 Å². The van der Waals surface area contributed by atoms with Crippen molar-refractivity contribution in [2.75, 3.05) is 6.54 Å². The largest absolute Gasteiger partial charge is 0.444 e. The fourth-order valence-corrected chi connectivity index (χ4v) is 3.59. The van der Waals surface area contributed by atoms with Crippen molar-refractivity contribution in [3.05, 3.63) is 16.6 Å². The van der Waals surface area contributed by atoms with E-state index in [1.165, 1.54) is 5.01 Å². The van der Waals surface area contributed by atoms with Gasteiger partial charge in [-0.1, -0.05) is 6.92 Å². The van der Waals surface area contributed by atoms with Crippen molar-refractivity contribution in [2.24, 2.45) is 0 Å². The smallest absolute Gasteiger partial charge is 0.407 e. The number of aromatic nitrogens is 1. The average Bonchev–Trinajstić information content (AvgIpc) is 2.97. The van der Waals surface area contributed by atoms with Crippen molar-refractivity contribution in [2.45, 2.75) is 77.0 Å². The molecule has 1 aliphatic rings. The summed E-state index contributed by atoms with van der Waals surface area (Å²) in [7, 11) is 0. The fourth-order valence-electron chi connectivity index (χ4n) is 2.89. The number of rotatable bonds is 5. The molecule has 0 bridgehead atoms. The molecule has 0 aliphatic heterocycles. The molecular weight excluding hydrogens is 310 g/mol. The van der Waals surface area contributed by atoms with E-state index in [4.69, 9.17) is 4.74 Å². The number of ether oxygens (including phenoxy) is 1. The number of carbonyl (C=O) groups is 1. The third kappa shape index (κ3) is 6.47. The predicted molar refractivity (Wildman–Crippen MR) is 93.9 cm³/mol. The van der Waals surface area contributed by atoms with Gasteiger partial charge in [0.15, 0.2) is 0 Å². The lowest BCUT2D eigenvalue weighted by Gasteiger charge is -2.31. The van der Waals surface area contributed by atoms with Gasteiger partial charge in [0, 0.05) is 36.1 Å². The Balaban J connectivity index is 1.74. The monoisotopic (exact) mass is 339 g/mol. The van der Waals surface area contributed by atoms with Crippen LogP contribution in [0.3, 0.4) is 0 Å². The second-order valence-corrected chi connectivity index (χ2v) is 8.31. The van der Waals surface area contributed by atoms with Crippen molar-refractivity contribution in [1.82, 2.24) is 15.6 Å². The Kier molecular flexibility index (Phi) is 6.41. The summed E-state index contributed by atoms with van der Waals surface area (Å²) >= 11 is 1.71. The standard InChI is InChI=1S/C17H29N3O2S/c1-12(15-18-8-9-23-15)11-19-13-6-5-7-14(10-13)20-16(21)22-17(2,3)4/h8-9,12-14,19H,5-7,10-11H2,1-4H3,(H,20,21). The molecule has 1 heterocycles. The van der Waals surface area contributed by atoms with Gasteiger partial charge in [-0.15, -0.1) is 11.3 Å². The van der Waals surface area contributed by atoms with E-state index in [-0.39, 0.29) is 12.1 Å². The zero-order valence-electron chi connectivity index (χ0n) is 14.6. The molecule has 3 unspecified atom stereocenters. The molecule has 130 valence electrons. The molecule has 1 fully saturated rings. The van der Waals surface area contributed by atoms with E-state index in [9.17, 15) is 4.79 Å². The first-order valence-electron chi connectivity index (χ1n) is 8.46. The maximum atomic E-state index is 11.9. The van der Waals surface area contributed by atoms with Gasteiger partial charge in [0.2, 0.25) is 0 Å². The molecule has 2 N–H and O–H groups in total. The lowest BCUT2D eigenvalue weighted by Crippen LogP contribution is -2.46. The highest BCUT2D eigenvalue weighted by atomic mass is 32.1. The normalized spacial score (nSPS) is 23.3. The summed E-state index contributed by atoms with van der Waals surface area (Å²) in [6.45, 7) is 8.79. The van der Waals surface area contributed by atoms with Crippen LogP contribution in [0.15, 0.2) is 11.6 Å². The van der Waals surface area contributed by atoms with Crippen molar-refractivity contribution < 1.29 is 9.53 Å². The summed E-state index contributed by atoms with van der Waals surface area (Å²) in [5, 5.41) is 9.84. The van der Waals surface area contributed by atoms with Crippen molar-refractivity contribution >= 4 is 17.4 Å². The molecule has 0 saturated heterocycles. The SMILES string of the molecule is CC(CNC1CCCC(NC(=O)OC(C)(C)C)C1)c1nccs1. The number of nitrogens with one attached hydrogen (secondary N) is 2. The van der Waals surface area contributed by atoms with Crippen molar-refractivity contribution in [1.29, 1.82) is 0 Å². The first-order chi connectivity index (χ1) is 10.8. The Morgan fingerprint density at radius 2 is 2.17 bits per heavy atom. The van der Waals surface area contributed by atoms with E-state index in [2.05, 4.69) is 22.5 Å². The molecule has 5 nitrogen and oxygen atoms in total. The van der Waals surface area contributed by atoms with Gasteiger partial charge in [0.05, 0.1) is 5.01 Å². The maximum absolute atomic E-state index is 11.9. The van der Waals surface area contributed by atoms with Crippen LogP contribution in [0.4, 0.5) is 4.79 Å². The van der Waals surface area contributed by atoms with Crippen LogP contribution in [0.25, 0.3) is 0 Å². The number of alkyl carbamates (subject to hydrolysis) is 1. The number of amides is 1. The fraction of sp³-hybridized carbons (Fsp3) is 0.765. The zero-order chi connectivity index (χ0) is 16.9. The Morgan fingerprint density at radius 3 is 2.83 bits per heavy atom. The minimum atomic E-state index is -0.445. The number of hydrogen-bond donors (Lipinski definition) is 2. The molecule has 2 rings (SSSR count). The Labute approximate surface area is 143 Å². The molecule has 1 saturated carbocycles. The molecule has 3 atom stereocenters. The van der Waals surface area contributed by atoms with E-state index in [1.54, 1.807) is 11.3 Å². The average molecular weight is 340 g/mol. The number of hydrogen-bond acceptors (Lipinski definition) is 5. The van der Waals surface area contributed by atoms with Crippen LogP contribution in [-0.2, 0) is 4.74 Å². The van der Waals surface area contributed by atoms with Crippen molar-refractivity contribution in [3.8, 4) is 0 Å². The Hall–Kier alpha value is -1.14. The highest BCUT2D eigenvalue weighted by Crippen LogP contribution is 2.21. The van der Waals surface area contributed by atoms with E-state index >= 15 is 0 Å². The van der Waals surface area contributed by atoms with Gasteiger partial charge in [0.25, 0.3) is 0 Å². The first-order valence-corrected chi connectivity index (χ1v) is 9.34. The molecule has 1 aromatic rings. The van der Waals surface area contributed by atoms with Gasteiger partial charge in [-0.25, -0.2) is 9.78 Å². The summed E-state index contributed by atoms with van der Waals surface area (Å²) in [4.78, 5) is 16.3. The Morgan fingerprint density at radius 1 is 1.43 bits per heavy atom. The minimum absolute atomic E-state index is 0.200. The van der Waals surface area contributed by atoms with E-state index in [0.717, 1.165) is 32.2 Å². The van der Waals surface area contributed by atoms with Crippen LogP contribution < -0.4 is 10.6 Å². The molecule has 1 aliphatic carbocycles. The number of carbonyl (C=O) groups excluding carboxylic acids is 1. The van der Waals surface area contributed by atoms with E-state index in [1.807, 2.05) is 32.3 Å². The van der Waals surface area contributed by atoms with E-state index in [0.29, 0.717) is 12.0 Å². The summed E-state index contributed by atoms with van der Waals surface area (Å²) < 4.78 is 5.35. The lowest BCUT2D eigenvalue weighted by molar-refractivity contribution is 0.0488. The quantitative estimate of drug-likeness (QED) is 0.859. The van der Waals surface area contributed by atoms with E-state index < -0.39 is 5.60 Å². The third-order valence-corrected chi connectivity index (χ3v) is 4.99. The molecule has 0 spiro atoms.